The first kappa shape index (κ1) is 14.9. The average Bonchev–Trinajstić information content (AvgIpc) is 3.36. The summed E-state index contributed by atoms with van der Waals surface area (Å²) < 4.78 is 0. The van der Waals surface area contributed by atoms with Crippen molar-refractivity contribution in [2.45, 2.75) is 70.9 Å². The van der Waals surface area contributed by atoms with Crippen LogP contribution in [0.2, 0.25) is 0 Å². The predicted molar refractivity (Wildman–Crippen MR) is 81.6 cm³/mol. The van der Waals surface area contributed by atoms with Gasteiger partial charge in [0.25, 0.3) is 0 Å². The molecule has 118 valence electrons. The number of piperazine rings is 1. The number of rotatable bonds is 6. The molecule has 3 rings (SSSR count). The van der Waals surface area contributed by atoms with E-state index >= 15 is 0 Å². The van der Waals surface area contributed by atoms with Gasteiger partial charge in [0.05, 0.1) is 0 Å². The number of nitrogens with one attached hydrogen (secondary N) is 1. The maximum absolute atomic E-state index is 13.0. The van der Waals surface area contributed by atoms with E-state index in [2.05, 4.69) is 5.32 Å². The van der Waals surface area contributed by atoms with Crippen molar-refractivity contribution in [3.8, 4) is 0 Å². The minimum Gasteiger partial charge on any atom is -0.340 e. The Kier molecular flexibility index (Phi) is 3.74. The molecule has 3 aliphatic rings. The zero-order valence-corrected chi connectivity index (χ0v) is 13.5. The Labute approximate surface area is 127 Å². The standard InChI is InChI=1S/C17H28N2O2/c1-4-17(5-2)16(21)19(11(3)15(20)18-17)10-14(12-6-7-12)13-8-9-13/h11-14H,4-10H2,1-3H3,(H,18,20). The third-order valence-corrected chi connectivity index (χ3v) is 5.95. The van der Waals surface area contributed by atoms with Crippen molar-refractivity contribution >= 4 is 11.8 Å². The molecular weight excluding hydrogens is 264 g/mol. The molecule has 1 aliphatic heterocycles. The molecule has 0 spiro atoms. The molecule has 4 heteroatoms. The monoisotopic (exact) mass is 292 g/mol. The molecule has 21 heavy (non-hydrogen) atoms. The summed E-state index contributed by atoms with van der Waals surface area (Å²) in [4.78, 5) is 27.2. The van der Waals surface area contributed by atoms with E-state index in [1.807, 2.05) is 25.7 Å². The molecule has 2 aliphatic carbocycles. The molecule has 1 heterocycles. The Morgan fingerprint density at radius 2 is 1.67 bits per heavy atom. The lowest BCUT2D eigenvalue weighted by Gasteiger charge is -2.45. The summed E-state index contributed by atoms with van der Waals surface area (Å²) in [6.45, 7) is 6.66. The highest BCUT2D eigenvalue weighted by Crippen LogP contribution is 2.49. The number of hydrogen-bond donors (Lipinski definition) is 1. The summed E-state index contributed by atoms with van der Waals surface area (Å²) in [5.41, 5.74) is -0.665. The predicted octanol–water partition coefficient (Wildman–Crippen LogP) is 2.33. The fourth-order valence-electron chi connectivity index (χ4n) is 3.92. The minimum atomic E-state index is -0.665. The summed E-state index contributed by atoms with van der Waals surface area (Å²) in [5.74, 6) is 2.41. The molecule has 4 nitrogen and oxygen atoms in total. The molecule has 1 saturated heterocycles. The fraction of sp³-hybridized carbons (Fsp3) is 0.882. The second-order valence-corrected chi connectivity index (χ2v) is 7.25. The highest BCUT2D eigenvalue weighted by atomic mass is 16.2. The van der Waals surface area contributed by atoms with Crippen LogP contribution in [0.1, 0.15) is 59.3 Å². The summed E-state index contributed by atoms with van der Waals surface area (Å²) in [6.07, 6.45) is 6.61. The summed E-state index contributed by atoms with van der Waals surface area (Å²) in [6, 6.07) is -0.316. The van der Waals surface area contributed by atoms with Gasteiger partial charge in [-0.15, -0.1) is 0 Å². The third-order valence-electron chi connectivity index (χ3n) is 5.95. The van der Waals surface area contributed by atoms with Crippen LogP contribution in [-0.2, 0) is 9.59 Å². The van der Waals surface area contributed by atoms with Gasteiger partial charge in [0, 0.05) is 6.54 Å². The largest absolute Gasteiger partial charge is 0.340 e. The van der Waals surface area contributed by atoms with Crippen molar-refractivity contribution in [3.63, 3.8) is 0 Å². The van der Waals surface area contributed by atoms with Crippen molar-refractivity contribution in [3.05, 3.63) is 0 Å². The Bertz CT molecular complexity index is 424. The molecule has 0 aromatic heterocycles. The molecule has 2 amide bonds. The van der Waals surface area contributed by atoms with Crippen LogP contribution < -0.4 is 5.32 Å². The van der Waals surface area contributed by atoms with Crippen LogP contribution in [0.3, 0.4) is 0 Å². The highest BCUT2D eigenvalue weighted by Gasteiger charge is 2.50. The Morgan fingerprint density at radius 3 is 2.10 bits per heavy atom. The molecule has 1 N–H and O–H groups in total. The number of hydrogen-bond acceptors (Lipinski definition) is 2. The van der Waals surface area contributed by atoms with Crippen LogP contribution in [0.5, 0.6) is 0 Å². The van der Waals surface area contributed by atoms with Crippen LogP contribution >= 0.6 is 0 Å². The second-order valence-electron chi connectivity index (χ2n) is 7.25. The van der Waals surface area contributed by atoms with E-state index in [1.165, 1.54) is 25.7 Å². The highest BCUT2D eigenvalue weighted by molar-refractivity contribution is 5.99. The van der Waals surface area contributed by atoms with E-state index in [0.29, 0.717) is 18.8 Å². The molecule has 1 atom stereocenters. The summed E-state index contributed by atoms with van der Waals surface area (Å²) >= 11 is 0. The van der Waals surface area contributed by atoms with Gasteiger partial charge < -0.3 is 10.2 Å². The van der Waals surface area contributed by atoms with Gasteiger partial charge in [0.1, 0.15) is 11.6 Å². The molecule has 0 aromatic rings. The Balaban J connectivity index is 1.80. The second kappa shape index (κ2) is 5.29. The van der Waals surface area contributed by atoms with E-state index in [9.17, 15) is 9.59 Å². The average molecular weight is 292 g/mol. The van der Waals surface area contributed by atoms with Crippen LogP contribution in [0.4, 0.5) is 0 Å². The SMILES string of the molecule is CCC1(CC)NC(=O)C(C)N(CC(C2CC2)C2CC2)C1=O. The molecule has 0 radical (unpaired) electrons. The van der Waals surface area contributed by atoms with Crippen molar-refractivity contribution in [2.24, 2.45) is 17.8 Å². The van der Waals surface area contributed by atoms with E-state index in [1.54, 1.807) is 0 Å². The van der Waals surface area contributed by atoms with Crippen LogP contribution in [0.15, 0.2) is 0 Å². The fourth-order valence-corrected chi connectivity index (χ4v) is 3.92. The van der Waals surface area contributed by atoms with E-state index in [-0.39, 0.29) is 17.9 Å². The van der Waals surface area contributed by atoms with Crippen molar-refractivity contribution in [1.29, 1.82) is 0 Å². The van der Waals surface area contributed by atoms with E-state index in [4.69, 9.17) is 0 Å². The smallest absolute Gasteiger partial charge is 0.248 e. The first-order valence-electron chi connectivity index (χ1n) is 8.65. The lowest BCUT2D eigenvalue weighted by molar-refractivity contribution is -0.155. The van der Waals surface area contributed by atoms with Gasteiger partial charge >= 0.3 is 0 Å². The van der Waals surface area contributed by atoms with Crippen molar-refractivity contribution in [2.75, 3.05) is 6.54 Å². The molecular formula is C17H28N2O2. The maximum Gasteiger partial charge on any atom is 0.248 e. The quantitative estimate of drug-likeness (QED) is 0.817. The number of amides is 2. The zero-order chi connectivity index (χ0) is 15.2. The number of carbonyl (C=O) groups excluding carboxylic acids is 2. The number of nitrogens with zero attached hydrogens (tertiary/aromatic N) is 1. The van der Waals surface area contributed by atoms with Crippen LogP contribution in [-0.4, -0.2) is 34.8 Å². The molecule has 0 bridgehead atoms. The van der Waals surface area contributed by atoms with Gasteiger partial charge in [-0.2, -0.15) is 0 Å². The Morgan fingerprint density at radius 1 is 1.14 bits per heavy atom. The normalized spacial score (nSPS) is 29.0. The zero-order valence-electron chi connectivity index (χ0n) is 13.5. The lowest BCUT2D eigenvalue weighted by atomic mass is 9.86. The minimum absolute atomic E-state index is 0.0173. The topological polar surface area (TPSA) is 49.4 Å². The first-order valence-corrected chi connectivity index (χ1v) is 8.65. The van der Waals surface area contributed by atoms with Crippen molar-refractivity contribution in [1.82, 2.24) is 10.2 Å². The van der Waals surface area contributed by atoms with Gasteiger partial charge in [0.2, 0.25) is 11.8 Å². The molecule has 1 unspecified atom stereocenters. The van der Waals surface area contributed by atoms with Gasteiger partial charge in [-0.1, -0.05) is 13.8 Å². The van der Waals surface area contributed by atoms with Crippen molar-refractivity contribution < 1.29 is 9.59 Å². The van der Waals surface area contributed by atoms with E-state index in [0.717, 1.165) is 18.4 Å². The summed E-state index contributed by atoms with van der Waals surface area (Å²) in [5, 5.41) is 2.99. The lowest BCUT2D eigenvalue weighted by Crippen LogP contribution is -2.69. The van der Waals surface area contributed by atoms with Gasteiger partial charge in [-0.25, -0.2) is 0 Å². The molecule has 3 fully saturated rings. The molecule has 2 saturated carbocycles. The maximum atomic E-state index is 13.0. The summed E-state index contributed by atoms with van der Waals surface area (Å²) in [7, 11) is 0. The van der Waals surface area contributed by atoms with Gasteiger partial charge in [0.15, 0.2) is 0 Å². The van der Waals surface area contributed by atoms with Crippen LogP contribution in [0.25, 0.3) is 0 Å². The van der Waals surface area contributed by atoms with Gasteiger partial charge in [-0.05, 0) is 63.2 Å². The van der Waals surface area contributed by atoms with Crippen LogP contribution in [0, 0.1) is 17.8 Å². The van der Waals surface area contributed by atoms with Gasteiger partial charge in [-0.3, -0.25) is 9.59 Å². The molecule has 0 aromatic carbocycles. The number of carbonyl (C=O) groups is 2. The first-order chi connectivity index (χ1) is 10.0. The van der Waals surface area contributed by atoms with E-state index < -0.39 is 5.54 Å². The Hall–Kier alpha value is -1.06. The third kappa shape index (κ3) is 2.58.